The molecule has 1 saturated heterocycles. The zero-order chi connectivity index (χ0) is 13.9. The monoisotopic (exact) mass is 285 g/mol. The molecule has 0 aliphatic carbocycles. The normalized spacial score (nSPS) is 21.3. The van der Waals surface area contributed by atoms with Crippen LogP contribution in [0, 0.1) is 6.92 Å². The van der Waals surface area contributed by atoms with Gasteiger partial charge in [0.15, 0.2) is 9.84 Å². The van der Waals surface area contributed by atoms with Gasteiger partial charge in [0.2, 0.25) is 5.88 Å². The van der Waals surface area contributed by atoms with Gasteiger partial charge in [0.25, 0.3) is 0 Å². The minimum atomic E-state index is -2.93. The third kappa shape index (κ3) is 3.15. The number of ether oxygens (including phenoxy) is 1. The van der Waals surface area contributed by atoms with Crippen molar-refractivity contribution < 1.29 is 13.2 Å². The molecule has 0 radical (unpaired) electrons. The molecule has 1 aromatic heterocycles. The molecule has 1 atom stereocenters. The van der Waals surface area contributed by atoms with Crippen LogP contribution in [0.15, 0.2) is 6.33 Å². The SMILES string of the molecule is CCOc1ncnc(NCC2CCCS2(=O)=O)c1C. The van der Waals surface area contributed by atoms with Crippen LogP contribution < -0.4 is 10.1 Å². The van der Waals surface area contributed by atoms with E-state index in [1.165, 1.54) is 6.33 Å². The summed E-state index contributed by atoms with van der Waals surface area (Å²) in [6.07, 6.45) is 2.89. The topological polar surface area (TPSA) is 81.2 Å². The number of aromatic nitrogens is 2. The Morgan fingerprint density at radius 3 is 2.89 bits per heavy atom. The van der Waals surface area contributed by atoms with E-state index in [1.54, 1.807) is 0 Å². The van der Waals surface area contributed by atoms with Crippen molar-refractivity contribution in [1.29, 1.82) is 0 Å². The van der Waals surface area contributed by atoms with Gasteiger partial charge < -0.3 is 10.1 Å². The van der Waals surface area contributed by atoms with Gasteiger partial charge in [-0.1, -0.05) is 0 Å². The average molecular weight is 285 g/mol. The van der Waals surface area contributed by atoms with Gasteiger partial charge in [-0.25, -0.2) is 18.4 Å². The lowest BCUT2D eigenvalue weighted by molar-refractivity contribution is 0.324. The first-order chi connectivity index (χ1) is 9.04. The molecule has 0 saturated carbocycles. The number of sulfone groups is 1. The van der Waals surface area contributed by atoms with Crippen molar-refractivity contribution >= 4 is 15.7 Å². The molecule has 1 aliphatic heterocycles. The first kappa shape index (κ1) is 14.0. The maximum absolute atomic E-state index is 11.7. The van der Waals surface area contributed by atoms with Crippen LogP contribution in [-0.2, 0) is 9.84 Å². The molecule has 0 bridgehead atoms. The summed E-state index contributed by atoms with van der Waals surface area (Å²) < 4.78 is 28.9. The summed E-state index contributed by atoms with van der Waals surface area (Å²) in [5, 5.41) is 2.79. The molecule has 0 amide bonds. The summed E-state index contributed by atoms with van der Waals surface area (Å²) in [6.45, 7) is 4.68. The Labute approximate surface area is 113 Å². The predicted octanol–water partition coefficient (Wildman–Crippen LogP) is 1.17. The van der Waals surface area contributed by atoms with Gasteiger partial charge in [0, 0.05) is 6.54 Å². The van der Waals surface area contributed by atoms with Gasteiger partial charge in [0.05, 0.1) is 23.2 Å². The number of hydrogen-bond acceptors (Lipinski definition) is 6. The van der Waals surface area contributed by atoms with Crippen molar-refractivity contribution in [2.75, 3.05) is 24.2 Å². The maximum Gasteiger partial charge on any atom is 0.221 e. The van der Waals surface area contributed by atoms with Gasteiger partial charge in [0.1, 0.15) is 12.1 Å². The van der Waals surface area contributed by atoms with Gasteiger partial charge >= 0.3 is 0 Å². The van der Waals surface area contributed by atoms with E-state index in [0.717, 1.165) is 18.4 Å². The van der Waals surface area contributed by atoms with Crippen LogP contribution in [0.1, 0.15) is 25.3 Å². The van der Waals surface area contributed by atoms with Gasteiger partial charge in [-0.2, -0.15) is 0 Å². The Morgan fingerprint density at radius 1 is 1.47 bits per heavy atom. The van der Waals surface area contributed by atoms with Crippen molar-refractivity contribution in [3.05, 3.63) is 11.9 Å². The molecule has 106 valence electrons. The molecule has 1 unspecified atom stereocenters. The van der Waals surface area contributed by atoms with E-state index in [0.29, 0.717) is 30.6 Å². The van der Waals surface area contributed by atoms with Crippen LogP contribution in [0.4, 0.5) is 5.82 Å². The van der Waals surface area contributed by atoms with E-state index in [1.807, 2.05) is 13.8 Å². The highest BCUT2D eigenvalue weighted by Crippen LogP contribution is 2.23. The fourth-order valence-corrected chi connectivity index (χ4v) is 3.96. The highest BCUT2D eigenvalue weighted by molar-refractivity contribution is 7.92. The number of nitrogens with one attached hydrogen (secondary N) is 1. The van der Waals surface area contributed by atoms with Gasteiger partial charge in [-0.3, -0.25) is 0 Å². The molecule has 0 spiro atoms. The summed E-state index contributed by atoms with van der Waals surface area (Å²) in [5.41, 5.74) is 0.805. The number of anilines is 1. The third-order valence-electron chi connectivity index (χ3n) is 3.28. The Hall–Kier alpha value is -1.37. The molecular weight excluding hydrogens is 266 g/mol. The lowest BCUT2D eigenvalue weighted by Gasteiger charge is -2.14. The molecule has 0 aromatic carbocycles. The molecule has 19 heavy (non-hydrogen) atoms. The molecular formula is C12H19N3O3S. The van der Waals surface area contributed by atoms with Crippen molar-refractivity contribution in [3.8, 4) is 5.88 Å². The van der Waals surface area contributed by atoms with E-state index < -0.39 is 9.84 Å². The summed E-state index contributed by atoms with van der Waals surface area (Å²) in [4.78, 5) is 8.18. The van der Waals surface area contributed by atoms with Crippen LogP contribution in [-0.4, -0.2) is 42.5 Å². The fraction of sp³-hybridized carbons (Fsp3) is 0.667. The van der Waals surface area contributed by atoms with E-state index >= 15 is 0 Å². The Morgan fingerprint density at radius 2 is 2.26 bits per heavy atom. The van der Waals surface area contributed by atoms with Crippen molar-refractivity contribution in [2.24, 2.45) is 0 Å². The van der Waals surface area contributed by atoms with Gasteiger partial charge in [-0.05, 0) is 26.7 Å². The molecule has 1 N–H and O–H groups in total. The quantitative estimate of drug-likeness (QED) is 0.874. The van der Waals surface area contributed by atoms with E-state index in [-0.39, 0.29) is 5.25 Å². The van der Waals surface area contributed by atoms with E-state index in [2.05, 4.69) is 15.3 Å². The fourth-order valence-electron chi connectivity index (χ4n) is 2.19. The van der Waals surface area contributed by atoms with Crippen molar-refractivity contribution in [1.82, 2.24) is 9.97 Å². The zero-order valence-corrected chi connectivity index (χ0v) is 12.0. The summed E-state index contributed by atoms with van der Waals surface area (Å²) >= 11 is 0. The number of hydrogen-bond donors (Lipinski definition) is 1. The van der Waals surface area contributed by atoms with Gasteiger partial charge in [-0.15, -0.1) is 0 Å². The largest absolute Gasteiger partial charge is 0.478 e. The molecule has 1 aliphatic rings. The second-order valence-corrected chi connectivity index (χ2v) is 7.00. The summed E-state index contributed by atoms with van der Waals surface area (Å²) in [6, 6.07) is 0. The lowest BCUT2D eigenvalue weighted by Crippen LogP contribution is -2.25. The second-order valence-electron chi connectivity index (χ2n) is 4.60. The van der Waals surface area contributed by atoms with Crippen molar-refractivity contribution in [3.63, 3.8) is 0 Å². The predicted molar refractivity (Wildman–Crippen MR) is 73.2 cm³/mol. The zero-order valence-electron chi connectivity index (χ0n) is 11.2. The van der Waals surface area contributed by atoms with Crippen LogP contribution in [0.2, 0.25) is 0 Å². The first-order valence-electron chi connectivity index (χ1n) is 6.44. The molecule has 2 rings (SSSR count). The van der Waals surface area contributed by atoms with E-state index in [9.17, 15) is 8.42 Å². The highest BCUT2D eigenvalue weighted by Gasteiger charge is 2.31. The standard InChI is InChI=1S/C12H19N3O3S/c1-3-18-12-9(2)11(14-8-15-12)13-7-10-5-4-6-19(10,16)17/h8,10H,3-7H2,1-2H3,(H,13,14,15). The van der Waals surface area contributed by atoms with E-state index in [4.69, 9.17) is 4.74 Å². The van der Waals surface area contributed by atoms with Crippen LogP contribution >= 0.6 is 0 Å². The minimum absolute atomic E-state index is 0.298. The second kappa shape index (κ2) is 5.73. The van der Waals surface area contributed by atoms with Crippen LogP contribution in [0.5, 0.6) is 5.88 Å². The Balaban J connectivity index is 2.06. The number of rotatable bonds is 5. The van der Waals surface area contributed by atoms with Crippen LogP contribution in [0.25, 0.3) is 0 Å². The summed E-state index contributed by atoms with van der Waals surface area (Å²) in [7, 11) is -2.93. The molecule has 1 aromatic rings. The van der Waals surface area contributed by atoms with Crippen LogP contribution in [0.3, 0.4) is 0 Å². The first-order valence-corrected chi connectivity index (χ1v) is 8.16. The number of nitrogens with zero attached hydrogens (tertiary/aromatic N) is 2. The molecule has 2 heterocycles. The lowest BCUT2D eigenvalue weighted by atomic mass is 10.2. The summed E-state index contributed by atoms with van der Waals surface area (Å²) in [5.74, 6) is 1.47. The molecule has 6 nitrogen and oxygen atoms in total. The average Bonchev–Trinajstić information content (AvgIpc) is 2.70. The Kier molecular flexibility index (Phi) is 4.24. The smallest absolute Gasteiger partial charge is 0.221 e. The highest BCUT2D eigenvalue weighted by atomic mass is 32.2. The molecule has 1 fully saturated rings. The third-order valence-corrected chi connectivity index (χ3v) is 5.55. The Bertz CT molecular complexity index is 545. The van der Waals surface area contributed by atoms with Crippen molar-refractivity contribution in [2.45, 2.75) is 31.9 Å². The maximum atomic E-state index is 11.7. The minimum Gasteiger partial charge on any atom is -0.478 e. The molecule has 7 heteroatoms.